The van der Waals surface area contributed by atoms with E-state index in [4.69, 9.17) is 0 Å². The lowest BCUT2D eigenvalue weighted by atomic mass is 9.98. The van der Waals surface area contributed by atoms with Gasteiger partial charge in [0.15, 0.2) is 0 Å². The fraction of sp³-hybridized carbons (Fsp3) is 0.200. The second kappa shape index (κ2) is 10.1. The molecule has 0 aromatic heterocycles. The predicted octanol–water partition coefficient (Wildman–Crippen LogP) is 4.95. The van der Waals surface area contributed by atoms with Crippen LogP contribution in [0.5, 0.6) is 0 Å². The third kappa shape index (κ3) is 5.10. The highest BCUT2D eigenvalue weighted by Gasteiger charge is 2.31. The number of nitrogens with zero attached hydrogens (tertiary/aromatic N) is 1. The summed E-state index contributed by atoms with van der Waals surface area (Å²) in [5, 5.41) is 9.63. The maximum atomic E-state index is 13.4. The highest BCUT2D eigenvalue weighted by atomic mass is 32.1. The highest BCUT2D eigenvalue weighted by Crippen LogP contribution is 2.26. The van der Waals surface area contributed by atoms with Gasteiger partial charge in [0.2, 0.25) is 5.91 Å². The maximum Gasteiger partial charge on any atom is 0.326 e. The van der Waals surface area contributed by atoms with Crippen LogP contribution in [-0.4, -0.2) is 28.8 Å². The third-order valence-electron chi connectivity index (χ3n) is 5.13. The minimum absolute atomic E-state index is 0.240. The van der Waals surface area contributed by atoms with E-state index in [0.29, 0.717) is 17.9 Å². The molecule has 5 heteroatoms. The van der Waals surface area contributed by atoms with Crippen LogP contribution in [0.25, 0.3) is 11.1 Å². The lowest BCUT2D eigenvalue weighted by molar-refractivity contribution is -0.140. The van der Waals surface area contributed by atoms with Gasteiger partial charge >= 0.3 is 5.97 Å². The van der Waals surface area contributed by atoms with Crippen LogP contribution in [0.2, 0.25) is 0 Å². The Morgan fingerprint density at radius 2 is 1.40 bits per heavy atom. The van der Waals surface area contributed by atoms with Crippen molar-refractivity contribution in [2.45, 2.75) is 19.4 Å². The number of carbonyl (C=O) groups excluding carboxylic acids is 1. The van der Waals surface area contributed by atoms with E-state index in [0.717, 1.165) is 16.7 Å². The van der Waals surface area contributed by atoms with Crippen molar-refractivity contribution in [3.63, 3.8) is 0 Å². The first-order chi connectivity index (χ1) is 14.5. The van der Waals surface area contributed by atoms with Gasteiger partial charge in [0.25, 0.3) is 0 Å². The Morgan fingerprint density at radius 1 is 0.867 bits per heavy atom. The van der Waals surface area contributed by atoms with Gasteiger partial charge in [-0.3, -0.25) is 9.69 Å². The summed E-state index contributed by atoms with van der Waals surface area (Å²) in [6.45, 7) is 1.53. The molecule has 0 radical (unpaired) electrons. The Labute approximate surface area is 182 Å². The van der Waals surface area contributed by atoms with Gasteiger partial charge in [-0.2, -0.15) is 12.6 Å². The van der Waals surface area contributed by atoms with Crippen LogP contribution < -0.4 is 4.90 Å². The van der Waals surface area contributed by atoms with Crippen LogP contribution >= 0.6 is 12.6 Å². The van der Waals surface area contributed by atoms with Gasteiger partial charge in [0, 0.05) is 11.4 Å². The fourth-order valence-corrected chi connectivity index (χ4v) is 3.71. The summed E-state index contributed by atoms with van der Waals surface area (Å²) in [5.41, 5.74) is 3.65. The Morgan fingerprint density at radius 3 is 1.93 bits per heavy atom. The van der Waals surface area contributed by atoms with Crippen molar-refractivity contribution in [1.82, 2.24) is 0 Å². The lowest BCUT2D eigenvalue weighted by Gasteiger charge is -2.30. The molecule has 1 N–H and O–H groups in total. The lowest BCUT2D eigenvalue weighted by Crippen LogP contribution is -2.47. The zero-order valence-corrected chi connectivity index (χ0v) is 17.7. The van der Waals surface area contributed by atoms with Gasteiger partial charge in [-0.1, -0.05) is 72.8 Å². The van der Waals surface area contributed by atoms with Gasteiger partial charge in [0.05, 0.1) is 5.92 Å². The number of hydrogen-bond donors (Lipinski definition) is 2. The van der Waals surface area contributed by atoms with E-state index in [1.165, 1.54) is 11.8 Å². The molecule has 2 atom stereocenters. The molecule has 0 unspecified atom stereocenters. The molecule has 3 rings (SSSR count). The molecule has 154 valence electrons. The van der Waals surface area contributed by atoms with Crippen molar-refractivity contribution in [3.8, 4) is 11.1 Å². The Hall–Kier alpha value is -3.05. The molecule has 0 aliphatic rings. The molecule has 0 saturated heterocycles. The summed E-state index contributed by atoms with van der Waals surface area (Å²) >= 11 is 4.38. The van der Waals surface area contributed by atoms with Crippen molar-refractivity contribution in [2.24, 2.45) is 5.92 Å². The zero-order chi connectivity index (χ0) is 21.5. The first-order valence-electron chi connectivity index (χ1n) is 9.87. The molecule has 30 heavy (non-hydrogen) atoms. The van der Waals surface area contributed by atoms with Gasteiger partial charge in [-0.05, 0) is 42.2 Å². The van der Waals surface area contributed by atoms with E-state index in [1.807, 2.05) is 72.8 Å². The van der Waals surface area contributed by atoms with Crippen LogP contribution in [0.1, 0.15) is 12.5 Å². The van der Waals surface area contributed by atoms with Crippen molar-refractivity contribution < 1.29 is 14.7 Å². The molecule has 0 bridgehead atoms. The summed E-state index contributed by atoms with van der Waals surface area (Å²) < 4.78 is 0. The minimum Gasteiger partial charge on any atom is -0.480 e. The molecular formula is C25H25NO3S. The number of amides is 1. The van der Waals surface area contributed by atoms with E-state index in [2.05, 4.69) is 12.6 Å². The normalized spacial score (nSPS) is 12.7. The van der Waals surface area contributed by atoms with Crippen LogP contribution in [0.3, 0.4) is 0 Å². The zero-order valence-electron chi connectivity index (χ0n) is 16.8. The second-order valence-electron chi connectivity index (χ2n) is 7.20. The van der Waals surface area contributed by atoms with Crippen molar-refractivity contribution >= 4 is 30.2 Å². The summed E-state index contributed by atoms with van der Waals surface area (Å²) in [5.74, 6) is -1.38. The smallest absolute Gasteiger partial charge is 0.326 e. The van der Waals surface area contributed by atoms with Crippen molar-refractivity contribution in [2.75, 3.05) is 10.7 Å². The maximum absolute atomic E-state index is 13.4. The van der Waals surface area contributed by atoms with E-state index in [9.17, 15) is 14.7 Å². The molecule has 3 aromatic carbocycles. The number of aliphatic carboxylic acids is 1. The van der Waals surface area contributed by atoms with E-state index in [1.54, 1.807) is 12.1 Å². The first kappa shape index (κ1) is 21.7. The minimum atomic E-state index is -1.05. The highest BCUT2D eigenvalue weighted by molar-refractivity contribution is 7.80. The second-order valence-corrected chi connectivity index (χ2v) is 7.57. The number of benzene rings is 3. The number of carboxylic acids is 1. The molecule has 0 aliphatic carbocycles. The van der Waals surface area contributed by atoms with Crippen LogP contribution in [-0.2, 0) is 16.0 Å². The molecule has 0 spiro atoms. The van der Waals surface area contributed by atoms with Crippen LogP contribution in [0, 0.1) is 5.92 Å². The third-order valence-corrected chi connectivity index (χ3v) is 5.57. The molecule has 0 saturated carbocycles. The molecule has 4 nitrogen and oxygen atoms in total. The average molecular weight is 420 g/mol. The summed E-state index contributed by atoms with van der Waals surface area (Å²) in [7, 11) is 0. The number of hydrogen-bond acceptors (Lipinski definition) is 3. The van der Waals surface area contributed by atoms with Crippen molar-refractivity contribution in [1.29, 1.82) is 0 Å². The van der Waals surface area contributed by atoms with Gasteiger partial charge in [0.1, 0.15) is 6.04 Å². The molecule has 0 aliphatic heterocycles. The van der Waals surface area contributed by atoms with Gasteiger partial charge < -0.3 is 5.11 Å². The van der Waals surface area contributed by atoms with Gasteiger partial charge in [-0.25, -0.2) is 4.79 Å². The summed E-state index contributed by atoms with van der Waals surface area (Å²) in [4.78, 5) is 26.5. The van der Waals surface area contributed by atoms with Crippen LogP contribution in [0.15, 0.2) is 84.9 Å². The van der Waals surface area contributed by atoms with E-state index in [-0.39, 0.29) is 5.91 Å². The number of thiol groups is 1. The topological polar surface area (TPSA) is 57.6 Å². The molecular weight excluding hydrogens is 394 g/mol. The first-order valence-corrected chi connectivity index (χ1v) is 10.5. The standard InChI is InChI=1S/C25H25NO3S/c1-18(25(28)29)26(24(27)22(17-30)16-19-8-4-2-5-9-19)23-14-12-21(13-15-23)20-10-6-3-7-11-20/h2-15,18,22,30H,16-17H2,1H3,(H,28,29)/t18-,22-/m0/s1. The average Bonchev–Trinajstić information content (AvgIpc) is 2.79. The van der Waals surface area contributed by atoms with Crippen LogP contribution in [0.4, 0.5) is 5.69 Å². The molecule has 1 amide bonds. The Kier molecular flexibility index (Phi) is 7.31. The molecule has 0 fully saturated rings. The Bertz CT molecular complexity index is 974. The molecule has 0 heterocycles. The van der Waals surface area contributed by atoms with E-state index >= 15 is 0 Å². The SMILES string of the molecule is C[C@@H](C(=O)O)N(C(=O)[C@H](CS)Cc1ccccc1)c1ccc(-c2ccccc2)cc1. The molecule has 3 aromatic rings. The largest absolute Gasteiger partial charge is 0.480 e. The number of carboxylic acid groups (broad SMARTS) is 1. The quantitative estimate of drug-likeness (QED) is 0.508. The monoisotopic (exact) mass is 419 g/mol. The fourth-order valence-electron chi connectivity index (χ4n) is 3.42. The van der Waals surface area contributed by atoms with Crippen molar-refractivity contribution in [3.05, 3.63) is 90.5 Å². The number of rotatable bonds is 8. The number of carbonyl (C=O) groups is 2. The number of anilines is 1. The predicted molar refractivity (Wildman–Crippen MR) is 124 cm³/mol. The summed E-state index contributed by atoms with van der Waals surface area (Å²) in [6.07, 6.45) is 0.508. The Balaban J connectivity index is 1.90. The van der Waals surface area contributed by atoms with Gasteiger partial charge in [-0.15, -0.1) is 0 Å². The summed E-state index contributed by atoms with van der Waals surface area (Å²) in [6, 6.07) is 26.0. The van der Waals surface area contributed by atoms with E-state index < -0.39 is 17.9 Å².